The van der Waals surface area contributed by atoms with Gasteiger partial charge in [-0.05, 0) is 23.8 Å². The number of H-pyrrole nitrogens is 1. The number of aromatic nitrogens is 2. The quantitative estimate of drug-likeness (QED) is 0.644. The number of amides is 1. The molecule has 0 radical (unpaired) electrons. The van der Waals surface area contributed by atoms with Crippen molar-refractivity contribution in [3.63, 3.8) is 0 Å². The lowest BCUT2D eigenvalue weighted by Crippen LogP contribution is -2.23. The molecule has 0 saturated carbocycles. The smallest absolute Gasteiger partial charge is 0.269 e. The first-order chi connectivity index (χ1) is 11.9. The highest BCUT2D eigenvalue weighted by Gasteiger charge is 2.11. The molecule has 0 saturated heterocycles. The van der Waals surface area contributed by atoms with E-state index < -0.39 is 10.0 Å². The predicted octanol–water partition coefficient (Wildman–Crippen LogP) is 1.65. The first-order valence-electron chi connectivity index (χ1n) is 7.44. The van der Waals surface area contributed by atoms with Gasteiger partial charge in [-0.3, -0.25) is 9.89 Å². The molecule has 1 heterocycles. The number of hydrogen-bond donors (Lipinski definition) is 3. The average Bonchev–Trinajstić information content (AvgIpc) is 3.10. The molecule has 0 aliphatic carbocycles. The van der Waals surface area contributed by atoms with E-state index in [0.717, 1.165) is 11.1 Å². The van der Waals surface area contributed by atoms with Crippen LogP contribution in [0.1, 0.15) is 16.1 Å². The van der Waals surface area contributed by atoms with Gasteiger partial charge in [0.05, 0.1) is 10.6 Å². The van der Waals surface area contributed by atoms with Crippen molar-refractivity contribution < 1.29 is 13.2 Å². The second-order valence-corrected chi connectivity index (χ2v) is 6.97. The minimum Gasteiger partial charge on any atom is -0.347 e. The van der Waals surface area contributed by atoms with Crippen LogP contribution in [-0.4, -0.2) is 24.5 Å². The van der Waals surface area contributed by atoms with Crippen LogP contribution in [0.2, 0.25) is 0 Å². The summed E-state index contributed by atoms with van der Waals surface area (Å²) >= 11 is 0. The molecule has 0 unspecified atom stereocenters. The SMILES string of the molecule is NS(=O)(=O)c1ccc(CNC(=O)c2cc(-c3ccccc3)n[nH]2)cc1. The number of nitrogens with two attached hydrogens (primary N) is 1. The third-order valence-electron chi connectivity index (χ3n) is 3.60. The predicted molar refractivity (Wildman–Crippen MR) is 93.0 cm³/mol. The van der Waals surface area contributed by atoms with Gasteiger partial charge in [0.15, 0.2) is 0 Å². The minimum atomic E-state index is -3.72. The number of carbonyl (C=O) groups excluding carboxylic acids is 1. The third kappa shape index (κ3) is 4.11. The molecule has 1 aromatic heterocycles. The van der Waals surface area contributed by atoms with Crippen molar-refractivity contribution in [1.29, 1.82) is 0 Å². The van der Waals surface area contributed by atoms with Gasteiger partial charge in [0.1, 0.15) is 5.69 Å². The number of nitrogens with one attached hydrogen (secondary N) is 2. The zero-order valence-corrected chi connectivity index (χ0v) is 14.0. The summed E-state index contributed by atoms with van der Waals surface area (Å²) in [4.78, 5) is 12.2. The Morgan fingerprint density at radius 1 is 1.08 bits per heavy atom. The van der Waals surface area contributed by atoms with Crippen LogP contribution in [0.5, 0.6) is 0 Å². The van der Waals surface area contributed by atoms with Crippen LogP contribution in [-0.2, 0) is 16.6 Å². The topological polar surface area (TPSA) is 118 Å². The van der Waals surface area contributed by atoms with Gasteiger partial charge >= 0.3 is 0 Å². The van der Waals surface area contributed by atoms with Crippen molar-refractivity contribution >= 4 is 15.9 Å². The lowest BCUT2D eigenvalue weighted by molar-refractivity contribution is 0.0946. The fourth-order valence-corrected chi connectivity index (χ4v) is 2.78. The van der Waals surface area contributed by atoms with Gasteiger partial charge in [-0.25, -0.2) is 13.6 Å². The molecule has 3 aromatic rings. The van der Waals surface area contributed by atoms with Crippen LogP contribution >= 0.6 is 0 Å². The van der Waals surface area contributed by atoms with Gasteiger partial charge in [0.2, 0.25) is 10.0 Å². The standard InChI is InChI=1S/C17H16N4O3S/c18-25(23,24)14-8-6-12(7-9-14)11-19-17(22)16-10-15(20-21-16)13-4-2-1-3-5-13/h1-10H,11H2,(H,19,22)(H,20,21)(H2,18,23,24). The Kier molecular flexibility index (Phi) is 4.64. The molecular formula is C17H16N4O3S. The first kappa shape index (κ1) is 16.9. The van der Waals surface area contributed by atoms with E-state index in [4.69, 9.17) is 5.14 Å². The summed E-state index contributed by atoms with van der Waals surface area (Å²) in [7, 11) is -3.72. The van der Waals surface area contributed by atoms with Crippen LogP contribution in [0.4, 0.5) is 0 Å². The number of aromatic amines is 1. The summed E-state index contributed by atoms with van der Waals surface area (Å²) in [5.41, 5.74) is 2.70. The molecule has 0 spiro atoms. The van der Waals surface area contributed by atoms with Gasteiger partial charge in [-0.15, -0.1) is 0 Å². The summed E-state index contributed by atoms with van der Waals surface area (Å²) < 4.78 is 22.4. The van der Waals surface area contributed by atoms with E-state index in [1.165, 1.54) is 12.1 Å². The minimum absolute atomic E-state index is 0.0312. The van der Waals surface area contributed by atoms with Crippen LogP contribution in [0.3, 0.4) is 0 Å². The van der Waals surface area contributed by atoms with Crippen molar-refractivity contribution in [3.05, 3.63) is 71.9 Å². The van der Waals surface area contributed by atoms with Crippen molar-refractivity contribution in [1.82, 2.24) is 15.5 Å². The number of nitrogens with zero attached hydrogens (tertiary/aromatic N) is 1. The largest absolute Gasteiger partial charge is 0.347 e. The highest BCUT2D eigenvalue weighted by Crippen LogP contribution is 2.17. The average molecular weight is 356 g/mol. The van der Waals surface area contributed by atoms with Crippen molar-refractivity contribution in [2.24, 2.45) is 5.14 Å². The summed E-state index contributed by atoms with van der Waals surface area (Å²) in [5, 5.41) is 14.6. The van der Waals surface area contributed by atoms with Crippen LogP contribution < -0.4 is 10.5 Å². The number of primary sulfonamides is 1. The molecule has 0 bridgehead atoms. The van der Waals surface area contributed by atoms with Gasteiger partial charge in [-0.2, -0.15) is 5.10 Å². The van der Waals surface area contributed by atoms with Crippen LogP contribution in [0, 0.1) is 0 Å². The molecular weight excluding hydrogens is 340 g/mol. The molecule has 4 N–H and O–H groups in total. The molecule has 128 valence electrons. The highest BCUT2D eigenvalue weighted by molar-refractivity contribution is 7.89. The summed E-state index contributed by atoms with van der Waals surface area (Å²) in [6.45, 7) is 0.253. The number of sulfonamides is 1. The Morgan fingerprint density at radius 2 is 1.76 bits per heavy atom. The van der Waals surface area contributed by atoms with E-state index in [2.05, 4.69) is 15.5 Å². The second-order valence-electron chi connectivity index (χ2n) is 5.40. The van der Waals surface area contributed by atoms with Gasteiger partial charge in [0, 0.05) is 12.1 Å². The number of benzene rings is 2. The Hall–Kier alpha value is -2.97. The maximum Gasteiger partial charge on any atom is 0.269 e. The van der Waals surface area contributed by atoms with E-state index in [1.807, 2.05) is 30.3 Å². The van der Waals surface area contributed by atoms with Crippen molar-refractivity contribution in [2.75, 3.05) is 0 Å². The normalized spacial score (nSPS) is 11.2. The molecule has 0 aliphatic rings. The second kappa shape index (κ2) is 6.88. The number of hydrogen-bond acceptors (Lipinski definition) is 4. The van der Waals surface area contributed by atoms with Gasteiger partial charge in [-0.1, -0.05) is 42.5 Å². The molecule has 0 atom stereocenters. The van der Waals surface area contributed by atoms with Gasteiger partial charge < -0.3 is 5.32 Å². The molecule has 25 heavy (non-hydrogen) atoms. The monoisotopic (exact) mass is 356 g/mol. The Morgan fingerprint density at radius 3 is 2.40 bits per heavy atom. The molecule has 1 amide bonds. The van der Waals surface area contributed by atoms with Crippen LogP contribution in [0.15, 0.2) is 65.6 Å². The molecule has 0 fully saturated rings. The van der Waals surface area contributed by atoms with Crippen LogP contribution in [0.25, 0.3) is 11.3 Å². The maximum atomic E-state index is 12.2. The molecule has 8 heteroatoms. The summed E-state index contributed by atoms with van der Waals surface area (Å²) in [6.07, 6.45) is 0. The van der Waals surface area contributed by atoms with E-state index in [0.29, 0.717) is 11.4 Å². The maximum absolute atomic E-state index is 12.2. The number of rotatable bonds is 5. The van der Waals surface area contributed by atoms with E-state index in [-0.39, 0.29) is 17.3 Å². The number of carbonyl (C=O) groups is 1. The van der Waals surface area contributed by atoms with Gasteiger partial charge in [0.25, 0.3) is 5.91 Å². The zero-order chi connectivity index (χ0) is 17.9. The lowest BCUT2D eigenvalue weighted by Gasteiger charge is -2.04. The fraction of sp³-hybridized carbons (Fsp3) is 0.0588. The Balaban J connectivity index is 1.64. The molecule has 2 aromatic carbocycles. The summed E-state index contributed by atoms with van der Waals surface area (Å²) in [6, 6.07) is 17.2. The highest BCUT2D eigenvalue weighted by atomic mass is 32.2. The fourth-order valence-electron chi connectivity index (χ4n) is 2.27. The third-order valence-corrected chi connectivity index (χ3v) is 4.53. The summed E-state index contributed by atoms with van der Waals surface area (Å²) in [5.74, 6) is -0.301. The lowest BCUT2D eigenvalue weighted by atomic mass is 10.1. The van der Waals surface area contributed by atoms with E-state index in [1.54, 1.807) is 18.2 Å². The molecule has 3 rings (SSSR count). The van der Waals surface area contributed by atoms with E-state index >= 15 is 0 Å². The first-order valence-corrected chi connectivity index (χ1v) is 8.99. The zero-order valence-electron chi connectivity index (χ0n) is 13.1. The van der Waals surface area contributed by atoms with E-state index in [9.17, 15) is 13.2 Å². The molecule has 7 nitrogen and oxygen atoms in total. The molecule has 0 aliphatic heterocycles. The Bertz CT molecular complexity index is 980. The Labute approximate surface area is 144 Å². The van der Waals surface area contributed by atoms with Crippen molar-refractivity contribution in [2.45, 2.75) is 11.4 Å². The van der Waals surface area contributed by atoms with Crippen molar-refractivity contribution in [3.8, 4) is 11.3 Å².